The summed E-state index contributed by atoms with van der Waals surface area (Å²) in [4.78, 5) is 6.61. The molecule has 0 saturated carbocycles. The molecule has 3 rings (SSSR count). The Bertz CT molecular complexity index is 684. The van der Waals surface area contributed by atoms with E-state index in [1.165, 1.54) is 5.70 Å². The van der Waals surface area contributed by atoms with Gasteiger partial charge in [-0.05, 0) is 57.7 Å². The SMILES string of the molecule is C=C(C(C)OS)N1/C(=C\C(C)CC)C2(CCNCC2)Nc2cnccc21. The molecule has 2 aliphatic heterocycles. The molecule has 5 nitrogen and oxygen atoms in total. The summed E-state index contributed by atoms with van der Waals surface area (Å²) in [5.74, 6) is 0.476. The van der Waals surface area contributed by atoms with Gasteiger partial charge in [0.05, 0.1) is 23.1 Å². The van der Waals surface area contributed by atoms with Crippen LogP contribution in [0.15, 0.2) is 42.5 Å². The Labute approximate surface area is 162 Å². The normalized spacial score (nSPS) is 22.6. The molecule has 1 aromatic heterocycles. The molecule has 1 fully saturated rings. The van der Waals surface area contributed by atoms with E-state index in [-0.39, 0.29) is 11.6 Å². The third-order valence-corrected chi connectivity index (χ3v) is 5.92. The minimum Gasteiger partial charge on any atom is -0.371 e. The fraction of sp³-hybridized carbons (Fsp3) is 0.550. The van der Waals surface area contributed by atoms with Crippen molar-refractivity contribution in [2.24, 2.45) is 5.92 Å². The molecule has 2 aliphatic rings. The maximum Gasteiger partial charge on any atom is 0.109 e. The molecule has 26 heavy (non-hydrogen) atoms. The van der Waals surface area contributed by atoms with Crippen LogP contribution in [-0.2, 0) is 4.18 Å². The number of thiol groups is 1. The van der Waals surface area contributed by atoms with E-state index in [1.807, 2.05) is 25.4 Å². The van der Waals surface area contributed by atoms with Crippen LogP contribution in [0.3, 0.4) is 0 Å². The first-order valence-corrected chi connectivity index (χ1v) is 9.83. The summed E-state index contributed by atoms with van der Waals surface area (Å²) >= 11 is 4.04. The number of piperidine rings is 1. The minimum atomic E-state index is -0.198. The second kappa shape index (κ2) is 8.03. The van der Waals surface area contributed by atoms with Crippen LogP contribution >= 0.6 is 12.9 Å². The summed E-state index contributed by atoms with van der Waals surface area (Å²) in [6.45, 7) is 12.8. The number of nitrogens with one attached hydrogen (secondary N) is 2. The first-order valence-electron chi connectivity index (χ1n) is 9.46. The maximum atomic E-state index is 5.31. The van der Waals surface area contributed by atoms with E-state index in [1.54, 1.807) is 0 Å². The lowest BCUT2D eigenvalue weighted by Crippen LogP contribution is -2.56. The number of anilines is 2. The highest BCUT2D eigenvalue weighted by molar-refractivity contribution is 7.75. The molecule has 142 valence electrons. The minimum absolute atomic E-state index is 0.121. The topological polar surface area (TPSA) is 49.4 Å². The number of nitrogens with zero attached hydrogens (tertiary/aromatic N) is 2. The highest BCUT2D eigenvalue weighted by Crippen LogP contribution is 2.46. The molecule has 3 heterocycles. The first kappa shape index (κ1) is 19.3. The fourth-order valence-electron chi connectivity index (χ4n) is 3.75. The van der Waals surface area contributed by atoms with Crippen LogP contribution in [0, 0.1) is 5.92 Å². The lowest BCUT2D eigenvalue weighted by Gasteiger charge is -2.51. The van der Waals surface area contributed by atoms with Gasteiger partial charge in [-0.2, -0.15) is 0 Å². The first-order chi connectivity index (χ1) is 12.5. The summed E-state index contributed by atoms with van der Waals surface area (Å²) < 4.78 is 5.31. The predicted octanol–water partition coefficient (Wildman–Crippen LogP) is 4.13. The summed E-state index contributed by atoms with van der Waals surface area (Å²) in [7, 11) is 0. The summed E-state index contributed by atoms with van der Waals surface area (Å²) in [6.07, 6.45) is 9.07. The maximum absolute atomic E-state index is 5.31. The molecule has 0 aromatic carbocycles. The van der Waals surface area contributed by atoms with Crippen molar-refractivity contribution < 1.29 is 4.18 Å². The van der Waals surface area contributed by atoms with Gasteiger partial charge < -0.3 is 19.7 Å². The van der Waals surface area contributed by atoms with Crippen LogP contribution in [0.25, 0.3) is 0 Å². The molecule has 0 bridgehead atoms. The van der Waals surface area contributed by atoms with Gasteiger partial charge in [0, 0.05) is 17.6 Å². The van der Waals surface area contributed by atoms with Crippen molar-refractivity contribution in [3.63, 3.8) is 0 Å². The van der Waals surface area contributed by atoms with Gasteiger partial charge in [0.1, 0.15) is 6.10 Å². The Hall–Kier alpha value is -1.50. The number of pyridine rings is 1. The van der Waals surface area contributed by atoms with Gasteiger partial charge in [-0.3, -0.25) is 4.98 Å². The molecule has 2 unspecified atom stereocenters. The predicted molar refractivity (Wildman–Crippen MR) is 111 cm³/mol. The Balaban J connectivity index is 2.17. The van der Waals surface area contributed by atoms with Crippen molar-refractivity contribution in [1.29, 1.82) is 0 Å². The van der Waals surface area contributed by atoms with Crippen molar-refractivity contribution >= 4 is 24.3 Å². The summed E-state index contributed by atoms with van der Waals surface area (Å²) in [5.41, 5.74) is 4.16. The molecule has 6 heteroatoms. The molecule has 1 aromatic rings. The highest BCUT2D eigenvalue weighted by atomic mass is 32.1. The second-order valence-corrected chi connectivity index (χ2v) is 7.57. The zero-order valence-electron chi connectivity index (χ0n) is 16.0. The van der Waals surface area contributed by atoms with Crippen molar-refractivity contribution in [3.8, 4) is 0 Å². The van der Waals surface area contributed by atoms with Crippen molar-refractivity contribution in [1.82, 2.24) is 10.3 Å². The number of aromatic nitrogens is 1. The molecule has 1 spiro atoms. The molecule has 0 aliphatic carbocycles. The second-order valence-electron chi connectivity index (χ2n) is 7.36. The van der Waals surface area contributed by atoms with E-state index < -0.39 is 0 Å². The molecular weight excluding hydrogens is 344 g/mol. The fourth-order valence-corrected chi connectivity index (χ4v) is 3.87. The largest absolute Gasteiger partial charge is 0.371 e. The van der Waals surface area contributed by atoms with E-state index in [0.29, 0.717) is 5.92 Å². The standard InChI is InChI=1S/C20H30N4OS/c1-5-14(2)12-19-20(7-10-21-11-8-20)23-17-13-22-9-6-18(17)24(19)15(3)16(4)25-26/h6,9,12-14,16,21,23,26H,3,5,7-8,10-11H2,1-2,4H3/b19-12-. The van der Waals surface area contributed by atoms with Crippen LogP contribution in [0.1, 0.15) is 40.0 Å². The number of fused-ring (bicyclic) bond motifs is 1. The molecule has 2 N–H and O–H groups in total. The smallest absolute Gasteiger partial charge is 0.109 e. The van der Waals surface area contributed by atoms with E-state index >= 15 is 0 Å². The quantitative estimate of drug-likeness (QED) is 0.534. The molecule has 2 atom stereocenters. The zero-order valence-corrected chi connectivity index (χ0v) is 16.9. The van der Waals surface area contributed by atoms with Crippen LogP contribution in [0.2, 0.25) is 0 Å². The van der Waals surface area contributed by atoms with Gasteiger partial charge in [0.2, 0.25) is 0 Å². The number of rotatable bonds is 5. The van der Waals surface area contributed by atoms with Gasteiger partial charge in [-0.25, -0.2) is 0 Å². The molecule has 0 amide bonds. The van der Waals surface area contributed by atoms with Gasteiger partial charge in [-0.1, -0.05) is 32.9 Å². The van der Waals surface area contributed by atoms with Crippen LogP contribution < -0.4 is 15.5 Å². The number of hydrogen-bond donors (Lipinski definition) is 3. The van der Waals surface area contributed by atoms with Gasteiger partial charge in [0.15, 0.2) is 0 Å². The Morgan fingerprint density at radius 2 is 2.19 bits per heavy atom. The Morgan fingerprint density at radius 3 is 2.85 bits per heavy atom. The zero-order chi connectivity index (χ0) is 18.7. The Kier molecular flexibility index (Phi) is 5.95. The van der Waals surface area contributed by atoms with E-state index in [9.17, 15) is 0 Å². The average Bonchev–Trinajstić information content (AvgIpc) is 2.68. The van der Waals surface area contributed by atoms with E-state index in [4.69, 9.17) is 4.18 Å². The number of hydrogen-bond acceptors (Lipinski definition) is 6. The van der Waals surface area contributed by atoms with Crippen molar-refractivity contribution in [2.75, 3.05) is 23.3 Å². The lowest BCUT2D eigenvalue weighted by atomic mass is 9.80. The van der Waals surface area contributed by atoms with Gasteiger partial charge in [0.25, 0.3) is 0 Å². The summed E-state index contributed by atoms with van der Waals surface area (Å²) in [5, 5.41) is 7.31. The molecule has 1 saturated heterocycles. The summed E-state index contributed by atoms with van der Waals surface area (Å²) in [6, 6.07) is 2.04. The van der Waals surface area contributed by atoms with Gasteiger partial charge >= 0.3 is 0 Å². The van der Waals surface area contributed by atoms with Crippen molar-refractivity contribution in [3.05, 3.63) is 42.5 Å². The third-order valence-electron chi connectivity index (χ3n) is 5.60. The lowest BCUT2D eigenvalue weighted by molar-refractivity contribution is 0.304. The molecule has 0 radical (unpaired) electrons. The highest BCUT2D eigenvalue weighted by Gasteiger charge is 2.44. The monoisotopic (exact) mass is 374 g/mol. The number of allylic oxidation sites excluding steroid dienone is 1. The van der Waals surface area contributed by atoms with Crippen LogP contribution in [-0.4, -0.2) is 29.7 Å². The van der Waals surface area contributed by atoms with Crippen molar-refractivity contribution in [2.45, 2.75) is 51.7 Å². The van der Waals surface area contributed by atoms with E-state index in [2.05, 4.69) is 59.9 Å². The Morgan fingerprint density at radius 1 is 1.46 bits per heavy atom. The van der Waals surface area contributed by atoms with E-state index in [0.717, 1.165) is 49.4 Å². The molecular formula is C20H30N4OS. The average molecular weight is 375 g/mol. The van der Waals surface area contributed by atoms with Crippen LogP contribution in [0.5, 0.6) is 0 Å². The van der Waals surface area contributed by atoms with Crippen LogP contribution in [0.4, 0.5) is 11.4 Å². The van der Waals surface area contributed by atoms with Gasteiger partial charge in [-0.15, -0.1) is 0 Å². The third kappa shape index (κ3) is 3.50.